The second kappa shape index (κ2) is 10.4. The fourth-order valence-corrected chi connectivity index (χ4v) is 4.80. The summed E-state index contributed by atoms with van der Waals surface area (Å²) >= 11 is 8.95. The SMILES string of the molecule is O=C(NCc1cccc(Cl)c1F)[C@@H]1C[C@@H](F)CN1C(=O)Cn1cc(C(=O)C(F)(F)F)c2ccc(Br)cc21. The summed E-state index contributed by atoms with van der Waals surface area (Å²) in [5, 5.41) is 2.32. The number of ketones is 1. The summed E-state index contributed by atoms with van der Waals surface area (Å²) < 4.78 is 69.4. The molecule has 196 valence electrons. The van der Waals surface area contributed by atoms with E-state index in [1.54, 1.807) is 0 Å². The van der Waals surface area contributed by atoms with E-state index in [9.17, 15) is 36.3 Å². The van der Waals surface area contributed by atoms with Crippen molar-refractivity contribution >= 4 is 56.0 Å². The fraction of sp³-hybridized carbons (Fsp3) is 0.292. The van der Waals surface area contributed by atoms with Crippen LogP contribution in [0, 0.1) is 5.82 Å². The number of benzene rings is 2. The molecule has 0 aliphatic carbocycles. The second-order valence-electron chi connectivity index (χ2n) is 8.48. The highest BCUT2D eigenvalue weighted by atomic mass is 79.9. The Balaban J connectivity index is 1.55. The van der Waals surface area contributed by atoms with Gasteiger partial charge in [-0.3, -0.25) is 14.4 Å². The van der Waals surface area contributed by atoms with Gasteiger partial charge in [-0.15, -0.1) is 0 Å². The number of nitrogens with one attached hydrogen (secondary N) is 1. The average molecular weight is 607 g/mol. The zero-order valence-corrected chi connectivity index (χ0v) is 21.1. The Hall–Kier alpha value is -2.99. The molecular formula is C24H18BrClF5N3O3. The number of carbonyl (C=O) groups excluding carboxylic acids is 3. The van der Waals surface area contributed by atoms with E-state index in [1.807, 2.05) is 0 Å². The van der Waals surface area contributed by atoms with Crippen molar-refractivity contribution in [1.82, 2.24) is 14.8 Å². The number of carbonyl (C=O) groups is 3. The van der Waals surface area contributed by atoms with Gasteiger partial charge in [-0.2, -0.15) is 13.2 Å². The van der Waals surface area contributed by atoms with Gasteiger partial charge in [-0.05, 0) is 18.2 Å². The average Bonchev–Trinajstić information content (AvgIpc) is 3.39. The molecule has 37 heavy (non-hydrogen) atoms. The Kier molecular flexibility index (Phi) is 7.61. The van der Waals surface area contributed by atoms with Crippen molar-refractivity contribution in [3.05, 3.63) is 69.0 Å². The van der Waals surface area contributed by atoms with Crippen LogP contribution in [0.25, 0.3) is 10.9 Å². The monoisotopic (exact) mass is 605 g/mol. The molecule has 1 fully saturated rings. The maximum atomic E-state index is 14.3. The molecule has 2 aromatic carbocycles. The van der Waals surface area contributed by atoms with Gasteiger partial charge in [0.2, 0.25) is 11.8 Å². The van der Waals surface area contributed by atoms with Crippen molar-refractivity contribution in [3.8, 4) is 0 Å². The maximum Gasteiger partial charge on any atom is 0.454 e. The number of amides is 2. The molecule has 13 heteroatoms. The van der Waals surface area contributed by atoms with Crippen LogP contribution < -0.4 is 5.32 Å². The first-order valence-corrected chi connectivity index (χ1v) is 12.1. The van der Waals surface area contributed by atoms with Gasteiger partial charge < -0.3 is 14.8 Å². The maximum absolute atomic E-state index is 14.3. The van der Waals surface area contributed by atoms with Crippen LogP contribution in [0.3, 0.4) is 0 Å². The highest BCUT2D eigenvalue weighted by Gasteiger charge is 2.42. The summed E-state index contributed by atoms with van der Waals surface area (Å²) in [6.45, 7) is -1.20. The molecule has 1 aliphatic rings. The molecule has 1 N–H and O–H groups in total. The number of rotatable bonds is 6. The molecule has 3 aromatic rings. The van der Waals surface area contributed by atoms with Gasteiger partial charge in [-0.1, -0.05) is 45.7 Å². The number of fused-ring (bicyclic) bond motifs is 1. The Morgan fingerprint density at radius 1 is 1.16 bits per heavy atom. The molecule has 0 bridgehead atoms. The molecule has 1 aromatic heterocycles. The minimum Gasteiger partial charge on any atom is -0.350 e. The first-order valence-electron chi connectivity index (χ1n) is 10.9. The molecule has 2 amide bonds. The molecule has 0 unspecified atom stereocenters. The van der Waals surface area contributed by atoms with E-state index in [0.29, 0.717) is 4.47 Å². The predicted octanol–water partition coefficient (Wildman–Crippen LogP) is 5.20. The molecular weight excluding hydrogens is 589 g/mol. The van der Waals surface area contributed by atoms with Crippen LogP contribution >= 0.6 is 27.5 Å². The van der Waals surface area contributed by atoms with E-state index in [0.717, 1.165) is 15.7 Å². The van der Waals surface area contributed by atoms with Crippen molar-refractivity contribution in [1.29, 1.82) is 0 Å². The van der Waals surface area contributed by atoms with Gasteiger partial charge in [-0.25, -0.2) is 8.78 Å². The summed E-state index contributed by atoms with van der Waals surface area (Å²) in [6.07, 6.45) is -6.02. The van der Waals surface area contributed by atoms with Gasteiger partial charge in [0.05, 0.1) is 22.6 Å². The third-order valence-corrected chi connectivity index (χ3v) is 6.79. The van der Waals surface area contributed by atoms with Crippen LogP contribution in [-0.2, 0) is 22.7 Å². The minimum atomic E-state index is -5.13. The summed E-state index contributed by atoms with van der Waals surface area (Å²) in [7, 11) is 0. The Labute approximate surface area is 220 Å². The van der Waals surface area contributed by atoms with Gasteiger partial charge in [0, 0.05) is 34.6 Å². The standard InChI is InChI=1S/C24H18BrClF5N3O3/c25-13-4-5-15-16(22(36)24(29,30)31)10-33(18(15)6-13)11-20(35)34-9-14(27)7-19(34)23(37)32-8-12-2-1-3-17(26)21(12)28/h1-6,10,14,19H,7-9,11H2,(H,32,37)/t14-,19+/m1/s1. The zero-order chi connectivity index (χ0) is 27.1. The number of hydrogen-bond acceptors (Lipinski definition) is 3. The minimum absolute atomic E-state index is 0.0130. The number of alkyl halides is 4. The number of likely N-dealkylation sites (tertiary alicyclic amines) is 1. The molecule has 0 radical (unpaired) electrons. The summed E-state index contributed by atoms with van der Waals surface area (Å²) in [5.41, 5.74) is -0.367. The highest BCUT2D eigenvalue weighted by molar-refractivity contribution is 9.10. The van der Waals surface area contributed by atoms with Crippen LogP contribution in [0.15, 0.2) is 47.1 Å². The lowest BCUT2D eigenvalue weighted by molar-refractivity contribution is -0.139. The van der Waals surface area contributed by atoms with E-state index in [1.165, 1.54) is 36.4 Å². The van der Waals surface area contributed by atoms with E-state index < -0.39 is 60.5 Å². The second-order valence-corrected chi connectivity index (χ2v) is 9.81. The topological polar surface area (TPSA) is 71.4 Å². The van der Waals surface area contributed by atoms with Crippen molar-refractivity contribution in [2.24, 2.45) is 0 Å². The number of halogens is 7. The van der Waals surface area contributed by atoms with E-state index in [4.69, 9.17) is 11.6 Å². The number of hydrogen-bond donors (Lipinski definition) is 1. The smallest absolute Gasteiger partial charge is 0.350 e. The van der Waals surface area contributed by atoms with E-state index >= 15 is 0 Å². The lowest BCUT2D eigenvalue weighted by Gasteiger charge is -2.24. The van der Waals surface area contributed by atoms with Crippen molar-refractivity contribution in [2.75, 3.05) is 6.54 Å². The molecule has 4 rings (SSSR count). The van der Waals surface area contributed by atoms with Crippen LogP contribution in [0.2, 0.25) is 5.02 Å². The van der Waals surface area contributed by atoms with Gasteiger partial charge in [0.1, 0.15) is 24.6 Å². The Morgan fingerprint density at radius 2 is 1.89 bits per heavy atom. The van der Waals surface area contributed by atoms with E-state index in [2.05, 4.69) is 21.2 Å². The highest BCUT2D eigenvalue weighted by Crippen LogP contribution is 2.31. The Bertz CT molecular complexity index is 1390. The number of Topliss-reactive ketones (excluding diaryl/α,β-unsaturated/α-hetero) is 1. The first kappa shape index (κ1) is 27.1. The lowest BCUT2D eigenvalue weighted by atomic mass is 10.1. The first-order chi connectivity index (χ1) is 17.4. The van der Waals surface area contributed by atoms with Gasteiger partial charge in [0.25, 0.3) is 5.78 Å². The number of nitrogens with zero attached hydrogens (tertiary/aromatic N) is 2. The van der Waals surface area contributed by atoms with Gasteiger partial charge >= 0.3 is 6.18 Å². The predicted molar refractivity (Wildman–Crippen MR) is 128 cm³/mol. The molecule has 6 nitrogen and oxygen atoms in total. The molecule has 2 atom stereocenters. The van der Waals surface area contributed by atoms with Crippen LogP contribution in [0.5, 0.6) is 0 Å². The summed E-state index contributed by atoms with van der Waals surface area (Å²) in [5.74, 6) is -4.25. The quantitative estimate of drug-likeness (QED) is 0.310. The molecule has 0 spiro atoms. The van der Waals surface area contributed by atoms with Crippen molar-refractivity contribution < 1.29 is 36.3 Å². The number of aromatic nitrogens is 1. The zero-order valence-electron chi connectivity index (χ0n) is 18.8. The third kappa shape index (κ3) is 5.64. The third-order valence-electron chi connectivity index (χ3n) is 6.01. The normalized spacial score (nSPS) is 17.9. The molecule has 1 saturated heterocycles. The summed E-state index contributed by atoms with van der Waals surface area (Å²) in [4.78, 5) is 38.8. The fourth-order valence-electron chi connectivity index (χ4n) is 4.26. The van der Waals surface area contributed by atoms with Crippen LogP contribution in [-0.4, -0.2) is 52.0 Å². The van der Waals surface area contributed by atoms with Gasteiger partial charge in [0.15, 0.2) is 0 Å². The Morgan fingerprint density at radius 3 is 2.59 bits per heavy atom. The lowest BCUT2D eigenvalue weighted by Crippen LogP contribution is -2.46. The van der Waals surface area contributed by atoms with Crippen LogP contribution in [0.4, 0.5) is 22.0 Å². The molecule has 2 heterocycles. The summed E-state index contributed by atoms with van der Waals surface area (Å²) in [6, 6.07) is 7.25. The largest absolute Gasteiger partial charge is 0.454 e. The molecule has 1 aliphatic heterocycles. The van der Waals surface area contributed by atoms with Crippen molar-refractivity contribution in [3.63, 3.8) is 0 Å². The van der Waals surface area contributed by atoms with Crippen LogP contribution in [0.1, 0.15) is 22.3 Å². The van der Waals surface area contributed by atoms with Crippen molar-refractivity contribution in [2.45, 2.75) is 37.9 Å². The van der Waals surface area contributed by atoms with E-state index in [-0.39, 0.29) is 34.5 Å². The molecule has 0 saturated carbocycles.